The molecule has 0 saturated carbocycles. The monoisotopic (exact) mass is 310 g/mol. The van der Waals surface area contributed by atoms with Crippen LogP contribution in [0.4, 0.5) is 0 Å². The zero-order chi connectivity index (χ0) is 11.3. The van der Waals surface area contributed by atoms with Crippen molar-refractivity contribution in [1.29, 1.82) is 0 Å². The summed E-state index contributed by atoms with van der Waals surface area (Å²) in [6, 6.07) is 0.595. The average molecular weight is 311 g/mol. The maximum absolute atomic E-state index is 4.59. The quantitative estimate of drug-likeness (QED) is 0.726. The number of rotatable bonds is 5. The molecular weight excluding hydrogens is 292 g/mol. The first-order valence-electron chi connectivity index (χ1n) is 5.17. The second-order valence-corrected chi connectivity index (χ2v) is 6.66. The Morgan fingerprint density at radius 2 is 2.47 bits per heavy atom. The summed E-state index contributed by atoms with van der Waals surface area (Å²) in [6.45, 7) is 3.24. The molecule has 0 aliphatic carbocycles. The van der Waals surface area contributed by atoms with Crippen molar-refractivity contribution in [3.05, 3.63) is 0 Å². The number of halogens is 1. The number of aliphatic imine (C=N–C) groups is 1. The molecular formula is C10H19BrN2S2. The highest BCUT2D eigenvalue weighted by Gasteiger charge is 2.23. The van der Waals surface area contributed by atoms with Crippen molar-refractivity contribution in [1.82, 2.24) is 4.90 Å². The molecule has 0 saturated heterocycles. The Labute approximate surface area is 110 Å². The fourth-order valence-corrected chi connectivity index (χ4v) is 3.53. The average Bonchev–Trinajstić information content (AvgIpc) is 2.73. The van der Waals surface area contributed by atoms with E-state index in [2.05, 4.69) is 46.0 Å². The van der Waals surface area contributed by atoms with E-state index >= 15 is 0 Å². The van der Waals surface area contributed by atoms with Crippen LogP contribution in [0.25, 0.3) is 0 Å². The first-order valence-corrected chi connectivity index (χ1v) is 8.57. The third kappa shape index (κ3) is 4.19. The number of alkyl halides is 1. The molecule has 1 rings (SSSR count). The predicted molar refractivity (Wildman–Crippen MR) is 77.7 cm³/mol. The zero-order valence-electron chi connectivity index (χ0n) is 9.57. The third-order valence-electron chi connectivity index (χ3n) is 2.58. The highest BCUT2D eigenvalue weighted by atomic mass is 79.9. The molecule has 1 aliphatic rings. The van der Waals surface area contributed by atoms with Gasteiger partial charge < -0.3 is 4.90 Å². The van der Waals surface area contributed by atoms with Gasteiger partial charge in [-0.1, -0.05) is 27.7 Å². The fourth-order valence-electron chi connectivity index (χ4n) is 1.35. The summed E-state index contributed by atoms with van der Waals surface area (Å²) in [6.07, 6.45) is 3.39. The van der Waals surface area contributed by atoms with Crippen molar-refractivity contribution >= 4 is 44.6 Å². The van der Waals surface area contributed by atoms with Crippen LogP contribution in [0.1, 0.15) is 13.3 Å². The van der Waals surface area contributed by atoms with Gasteiger partial charge in [0.1, 0.15) is 0 Å². The molecule has 5 heteroatoms. The van der Waals surface area contributed by atoms with Crippen LogP contribution in [0.5, 0.6) is 0 Å². The van der Waals surface area contributed by atoms with Gasteiger partial charge in [-0.05, 0) is 25.4 Å². The number of hydrogen-bond acceptors (Lipinski definition) is 4. The highest BCUT2D eigenvalue weighted by Crippen LogP contribution is 2.25. The van der Waals surface area contributed by atoms with Gasteiger partial charge in [0.15, 0.2) is 5.17 Å². The summed E-state index contributed by atoms with van der Waals surface area (Å²) in [5.41, 5.74) is 0. The van der Waals surface area contributed by atoms with Crippen LogP contribution >= 0.6 is 39.5 Å². The molecule has 2 unspecified atom stereocenters. The van der Waals surface area contributed by atoms with Crippen LogP contribution < -0.4 is 0 Å². The minimum absolute atomic E-state index is 0.595. The Balaban J connectivity index is 2.36. The van der Waals surface area contributed by atoms with Gasteiger partial charge in [-0.2, -0.15) is 11.8 Å². The normalized spacial score (nSPS) is 22.7. The molecule has 0 aromatic heterocycles. The van der Waals surface area contributed by atoms with E-state index in [4.69, 9.17) is 0 Å². The third-order valence-corrected chi connectivity index (χ3v) is 5.71. The molecule has 0 amide bonds. The Bertz CT molecular complexity index is 223. The van der Waals surface area contributed by atoms with Gasteiger partial charge in [0, 0.05) is 23.7 Å². The maximum Gasteiger partial charge on any atom is 0.159 e. The summed E-state index contributed by atoms with van der Waals surface area (Å²) in [5.74, 6) is 1.23. The van der Waals surface area contributed by atoms with Crippen LogP contribution in [0.2, 0.25) is 0 Å². The number of amidine groups is 1. The summed E-state index contributed by atoms with van der Waals surface area (Å²) in [5, 5.41) is 2.89. The van der Waals surface area contributed by atoms with Gasteiger partial charge in [-0.25, -0.2) is 0 Å². The summed E-state index contributed by atoms with van der Waals surface area (Å²) >= 11 is 7.33. The van der Waals surface area contributed by atoms with Crippen LogP contribution in [0.15, 0.2) is 4.99 Å². The summed E-state index contributed by atoms with van der Waals surface area (Å²) < 4.78 is 0. The van der Waals surface area contributed by atoms with E-state index < -0.39 is 0 Å². The molecule has 15 heavy (non-hydrogen) atoms. The SMILES string of the molecule is CSCCC(C)N(C)C1=NCC(CBr)S1. The highest BCUT2D eigenvalue weighted by molar-refractivity contribution is 9.09. The molecule has 1 aliphatic heterocycles. The first kappa shape index (κ1) is 13.7. The van der Waals surface area contributed by atoms with Crippen molar-refractivity contribution in [2.45, 2.75) is 24.6 Å². The molecule has 2 nitrogen and oxygen atoms in total. The second-order valence-electron chi connectivity index (χ2n) is 3.76. The minimum Gasteiger partial charge on any atom is -0.352 e. The van der Waals surface area contributed by atoms with Crippen molar-refractivity contribution in [2.75, 3.05) is 30.9 Å². The lowest BCUT2D eigenvalue weighted by molar-refractivity contribution is 0.389. The van der Waals surface area contributed by atoms with Crippen molar-refractivity contribution in [2.24, 2.45) is 4.99 Å². The molecule has 0 aromatic carbocycles. The number of nitrogens with zero attached hydrogens (tertiary/aromatic N) is 2. The Kier molecular flexibility index (Phi) is 6.46. The van der Waals surface area contributed by atoms with Gasteiger partial charge in [-0.3, -0.25) is 4.99 Å². The van der Waals surface area contributed by atoms with Crippen molar-refractivity contribution in [3.8, 4) is 0 Å². The lowest BCUT2D eigenvalue weighted by Crippen LogP contribution is -2.33. The van der Waals surface area contributed by atoms with E-state index in [1.54, 1.807) is 0 Å². The van der Waals surface area contributed by atoms with Crippen LogP contribution in [-0.4, -0.2) is 52.3 Å². The minimum atomic E-state index is 0.595. The van der Waals surface area contributed by atoms with Crippen molar-refractivity contribution < 1.29 is 0 Å². The predicted octanol–water partition coefficient (Wildman–Crippen LogP) is 2.93. The molecule has 0 radical (unpaired) electrons. The Hall–Kier alpha value is 0.650. The molecule has 0 bridgehead atoms. The standard InChI is InChI=1S/C10H19BrN2S2/c1-8(4-5-14-3)13(2)10-12-7-9(6-11)15-10/h8-9H,4-7H2,1-3H3. The van der Waals surface area contributed by atoms with Gasteiger partial charge in [0.2, 0.25) is 0 Å². The van der Waals surface area contributed by atoms with Gasteiger partial charge in [-0.15, -0.1) is 0 Å². The summed E-state index contributed by atoms with van der Waals surface area (Å²) in [4.78, 5) is 6.91. The maximum atomic E-state index is 4.59. The molecule has 1 heterocycles. The zero-order valence-corrected chi connectivity index (χ0v) is 12.8. The Morgan fingerprint density at radius 3 is 3.00 bits per heavy atom. The lowest BCUT2D eigenvalue weighted by Gasteiger charge is -2.26. The van der Waals surface area contributed by atoms with Gasteiger partial charge in [0.25, 0.3) is 0 Å². The number of hydrogen-bond donors (Lipinski definition) is 0. The van der Waals surface area contributed by atoms with E-state index in [0.29, 0.717) is 11.3 Å². The Morgan fingerprint density at radius 1 is 1.73 bits per heavy atom. The molecule has 0 spiro atoms. The lowest BCUT2D eigenvalue weighted by atomic mass is 10.2. The largest absolute Gasteiger partial charge is 0.352 e. The molecule has 88 valence electrons. The van der Waals surface area contributed by atoms with E-state index in [9.17, 15) is 0 Å². The van der Waals surface area contributed by atoms with E-state index in [-0.39, 0.29) is 0 Å². The van der Waals surface area contributed by atoms with Gasteiger partial charge >= 0.3 is 0 Å². The van der Waals surface area contributed by atoms with Crippen LogP contribution in [-0.2, 0) is 0 Å². The second kappa shape index (κ2) is 7.07. The van der Waals surface area contributed by atoms with Crippen LogP contribution in [0, 0.1) is 0 Å². The fraction of sp³-hybridized carbons (Fsp3) is 0.900. The number of thioether (sulfide) groups is 2. The molecule has 0 fully saturated rings. The molecule has 2 atom stereocenters. The van der Waals surface area contributed by atoms with E-state index in [1.165, 1.54) is 17.3 Å². The first-order chi connectivity index (χ1) is 7.19. The molecule has 0 aromatic rings. The van der Waals surface area contributed by atoms with E-state index in [0.717, 1.165) is 11.9 Å². The van der Waals surface area contributed by atoms with Gasteiger partial charge in [0.05, 0.1) is 6.54 Å². The smallest absolute Gasteiger partial charge is 0.159 e. The topological polar surface area (TPSA) is 15.6 Å². The molecule has 0 N–H and O–H groups in total. The van der Waals surface area contributed by atoms with E-state index in [1.807, 2.05) is 23.5 Å². The summed E-state index contributed by atoms with van der Waals surface area (Å²) in [7, 11) is 2.16. The van der Waals surface area contributed by atoms with Crippen LogP contribution in [0.3, 0.4) is 0 Å². The van der Waals surface area contributed by atoms with Crippen molar-refractivity contribution in [3.63, 3.8) is 0 Å².